The van der Waals surface area contributed by atoms with E-state index in [2.05, 4.69) is 179 Å². The molecule has 9 aromatic carbocycles. The van der Waals surface area contributed by atoms with Crippen LogP contribution >= 0.6 is 0 Å². The molecule has 4 aromatic heterocycles. The Morgan fingerprint density at radius 1 is 0.268 bits per heavy atom. The van der Waals surface area contributed by atoms with Gasteiger partial charge < -0.3 is 18.0 Å². The van der Waals surface area contributed by atoms with Gasteiger partial charge in [0, 0.05) is 66.6 Å². The summed E-state index contributed by atoms with van der Waals surface area (Å²) in [7, 11) is 0. The first-order chi connectivity index (χ1) is 27.7. The monoisotopic (exact) mass is 714 g/mol. The lowest BCUT2D eigenvalue weighted by atomic mass is 9.99. The summed E-state index contributed by atoms with van der Waals surface area (Å²) in [5.41, 5.74) is 12.8. The molecule has 4 nitrogen and oxygen atoms in total. The standard InChI is InChI=1S/C52H30N2O2/c1-3-13-35(14-4-1)53-45-21-19-33(23-38(45)40-27-43-37-17-9-10-18-49(37)55-51(43)29-47(40)53)34-20-22-46-39(24-34)41-28-44-42-25-31-11-7-8-12-32(31)26-50(42)56-52(44)30-48(41)54(46)36-15-5-2-6-16-36/h1-30H. The molecule has 56 heavy (non-hydrogen) atoms. The molecule has 0 radical (unpaired) electrons. The Labute approximate surface area is 319 Å². The van der Waals surface area contributed by atoms with Gasteiger partial charge in [-0.25, -0.2) is 0 Å². The van der Waals surface area contributed by atoms with E-state index < -0.39 is 0 Å². The minimum absolute atomic E-state index is 0.891. The summed E-state index contributed by atoms with van der Waals surface area (Å²) in [5.74, 6) is 0. The normalized spacial score (nSPS) is 12.3. The van der Waals surface area contributed by atoms with E-state index in [0.717, 1.165) is 77.3 Å². The van der Waals surface area contributed by atoms with Gasteiger partial charge in [-0.3, -0.25) is 0 Å². The van der Waals surface area contributed by atoms with Gasteiger partial charge in [-0.2, -0.15) is 0 Å². The molecule has 0 aliphatic heterocycles. The van der Waals surface area contributed by atoms with Crippen molar-refractivity contribution in [2.24, 2.45) is 0 Å². The van der Waals surface area contributed by atoms with Crippen LogP contribution in [0.1, 0.15) is 0 Å². The van der Waals surface area contributed by atoms with E-state index in [0.29, 0.717) is 0 Å². The van der Waals surface area contributed by atoms with Gasteiger partial charge in [0.1, 0.15) is 22.3 Å². The Kier molecular flexibility index (Phi) is 5.86. The summed E-state index contributed by atoms with van der Waals surface area (Å²) >= 11 is 0. The summed E-state index contributed by atoms with van der Waals surface area (Å²) in [6, 6.07) is 65.5. The van der Waals surface area contributed by atoms with Gasteiger partial charge in [0.05, 0.1) is 22.1 Å². The summed E-state index contributed by atoms with van der Waals surface area (Å²) in [4.78, 5) is 0. The number of nitrogens with zero attached hydrogens (tertiary/aromatic N) is 2. The van der Waals surface area contributed by atoms with Crippen molar-refractivity contribution < 1.29 is 8.83 Å². The molecule has 0 aliphatic carbocycles. The van der Waals surface area contributed by atoms with Crippen LogP contribution in [-0.2, 0) is 0 Å². The zero-order valence-electron chi connectivity index (χ0n) is 30.0. The molecular weight excluding hydrogens is 685 g/mol. The molecule has 0 unspecified atom stereocenters. The first-order valence-electron chi connectivity index (χ1n) is 19.1. The topological polar surface area (TPSA) is 36.1 Å². The third kappa shape index (κ3) is 4.13. The Bertz CT molecular complexity index is 3750. The molecule has 4 heterocycles. The van der Waals surface area contributed by atoms with Crippen molar-refractivity contribution >= 4 is 98.3 Å². The summed E-state index contributed by atoms with van der Waals surface area (Å²) in [5, 5.41) is 11.7. The quantitative estimate of drug-likeness (QED) is 0.183. The van der Waals surface area contributed by atoms with Gasteiger partial charge in [0.15, 0.2) is 0 Å². The molecule has 0 saturated carbocycles. The van der Waals surface area contributed by atoms with Gasteiger partial charge in [0.2, 0.25) is 0 Å². The van der Waals surface area contributed by atoms with E-state index in [1.165, 1.54) is 43.4 Å². The number of hydrogen-bond donors (Lipinski definition) is 0. The van der Waals surface area contributed by atoms with Crippen molar-refractivity contribution in [3.63, 3.8) is 0 Å². The molecular formula is C52H30N2O2. The highest BCUT2D eigenvalue weighted by atomic mass is 16.3. The molecule has 13 aromatic rings. The fourth-order valence-corrected chi connectivity index (χ4v) is 9.28. The fourth-order valence-electron chi connectivity index (χ4n) is 9.28. The molecule has 0 amide bonds. The van der Waals surface area contributed by atoms with E-state index in [1.807, 2.05) is 12.1 Å². The van der Waals surface area contributed by atoms with Crippen LogP contribution in [0.5, 0.6) is 0 Å². The van der Waals surface area contributed by atoms with Crippen molar-refractivity contribution in [1.82, 2.24) is 9.13 Å². The average molecular weight is 715 g/mol. The maximum atomic E-state index is 6.58. The van der Waals surface area contributed by atoms with E-state index in [1.54, 1.807) is 0 Å². The molecule has 0 atom stereocenters. The second-order valence-corrected chi connectivity index (χ2v) is 14.9. The number of para-hydroxylation sites is 3. The molecule has 0 saturated heterocycles. The van der Waals surface area contributed by atoms with Crippen LogP contribution in [0, 0.1) is 0 Å². The number of hydrogen-bond acceptors (Lipinski definition) is 2. The summed E-state index contributed by atoms with van der Waals surface area (Å²) in [6.45, 7) is 0. The van der Waals surface area contributed by atoms with Crippen LogP contribution in [0.3, 0.4) is 0 Å². The van der Waals surface area contributed by atoms with Crippen molar-refractivity contribution in [2.75, 3.05) is 0 Å². The van der Waals surface area contributed by atoms with Gasteiger partial charge in [-0.05, 0) is 101 Å². The number of fused-ring (bicyclic) bond motifs is 13. The highest BCUT2D eigenvalue weighted by Crippen LogP contribution is 2.43. The second-order valence-electron chi connectivity index (χ2n) is 14.9. The molecule has 0 bridgehead atoms. The molecule has 0 aliphatic rings. The highest BCUT2D eigenvalue weighted by molar-refractivity contribution is 6.20. The van der Waals surface area contributed by atoms with Crippen molar-refractivity contribution in [3.8, 4) is 22.5 Å². The largest absolute Gasteiger partial charge is 0.456 e. The van der Waals surface area contributed by atoms with E-state index in [4.69, 9.17) is 8.83 Å². The van der Waals surface area contributed by atoms with Gasteiger partial charge in [-0.1, -0.05) is 91.0 Å². The predicted molar refractivity (Wildman–Crippen MR) is 233 cm³/mol. The van der Waals surface area contributed by atoms with Gasteiger partial charge in [0.25, 0.3) is 0 Å². The molecule has 0 N–H and O–H groups in total. The minimum Gasteiger partial charge on any atom is -0.456 e. The lowest BCUT2D eigenvalue weighted by Gasteiger charge is -2.09. The third-order valence-corrected chi connectivity index (χ3v) is 11.9. The second kappa shape index (κ2) is 11.0. The highest BCUT2D eigenvalue weighted by Gasteiger charge is 2.20. The minimum atomic E-state index is 0.891. The van der Waals surface area contributed by atoms with Crippen LogP contribution in [0.15, 0.2) is 191 Å². The van der Waals surface area contributed by atoms with E-state index in [9.17, 15) is 0 Å². The average Bonchev–Trinajstić information content (AvgIpc) is 3.98. The van der Waals surface area contributed by atoms with Crippen LogP contribution < -0.4 is 0 Å². The van der Waals surface area contributed by atoms with Crippen LogP contribution in [0.4, 0.5) is 0 Å². The van der Waals surface area contributed by atoms with E-state index >= 15 is 0 Å². The van der Waals surface area contributed by atoms with Crippen LogP contribution in [0.25, 0.3) is 121 Å². The van der Waals surface area contributed by atoms with Crippen molar-refractivity contribution in [1.29, 1.82) is 0 Å². The number of rotatable bonds is 3. The zero-order valence-corrected chi connectivity index (χ0v) is 30.0. The molecule has 4 heteroatoms. The molecule has 0 fully saturated rings. The summed E-state index contributed by atoms with van der Waals surface area (Å²) < 4.78 is 17.7. The third-order valence-electron chi connectivity index (χ3n) is 11.9. The van der Waals surface area contributed by atoms with E-state index in [-0.39, 0.29) is 0 Å². The Hall–Kier alpha value is -7.56. The SMILES string of the molecule is c1ccc(-n2c3ccc(-c4ccc5c(c4)c4cc6c(cc4n5-c4ccccc4)oc4cc5ccccc5cc46)cc3c3cc4c(cc32)oc2ccccc24)cc1. The molecule has 260 valence electrons. The maximum absolute atomic E-state index is 6.58. The zero-order chi connectivity index (χ0) is 36.5. The lowest BCUT2D eigenvalue weighted by molar-refractivity contribution is 0.669. The molecule has 13 rings (SSSR count). The number of aromatic nitrogens is 2. The first-order valence-corrected chi connectivity index (χ1v) is 19.1. The van der Waals surface area contributed by atoms with Crippen LogP contribution in [0.2, 0.25) is 0 Å². The number of furan rings is 2. The maximum Gasteiger partial charge on any atom is 0.137 e. The summed E-state index contributed by atoms with van der Waals surface area (Å²) in [6.07, 6.45) is 0. The smallest absolute Gasteiger partial charge is 0.137 e. The first kappa shape index (κ1) is 29.8. The Morgan fingerprint density at radius 3 is 1.32 bits per heavy atom. The van der Waals surface area contributed by atoms with Crippen molar-refractivity contribution in [3.05, 3.63) is 182 Å². The molecule has 0 spiro atoms. The van der Waals surface area contributed by atoms with Crippen LogP contribution in [-0.4, -0.2) is 9.13 Å². The predicted octanol–water partition coefficient (Wildman–Crippen LogP) is 14.5. The van der Waals surface area contributed by atoms with Crippen molar-refractivity contribution in [2.45, 2.75) is 0 Å². The Balaban J connectivity index is 1.07. The Morgan fingerprint density at radius 2 is 0.714 bits per heavy atom. The van der Waals surface area contributed by atoms with Gasteiger partial charge >= 0.3 is 0 Å². The number of benzene rings is 9. The van der Waals surface area contributed by atoms with Gasteiger partial charge in [-0.15, -0.1) is 0 Å². The lowest BCUT2D eigenvalue weighted by Crippen LogP contribution is -1.93. The fraction of sp³-hybridized carbons (Fsp3) is 0.